The summed E-state index contributed by atoms with van der Waals surface area (Å²) < 4.78 is 1.59. The highest BCUT2D eigenvalue weighted by Gasteiger charge is 2.23. The molecular formula is C28H31N7O. The van der Waals surface area contributed by atoms with Crippen molar-refractivity contribution in [1.82, 2.24) is 29.6 Å². The Bertz CT molecular complexity index is 1580. The quantitative estimate of drug-likeness (QED) is 0.308. The number of aromatic nitrogens is 5. The monoisotopic (exact) mass is 481 g/mol. The summed E-state index contributed by atoms with van der Waals surface area (Å²) >= 11 is 0. The highest BCUT2D eigenvalue weighted by Crippen LogP contribution is 2.31. The average molecular weight is 482 g/mol. The van der Waals surface area contributed by atoms with Gasteiger partial charge in [0.1, 0.15) is 11.6 Å². The third kappa shape index (κ3) is 3.87. The highest BCUT2D eigenvalue weighted by atomic mass is 16.1. The number of anilines is 1. The number of nitrogen functional groups attached to an aromatic ring is 1. The Labute approximate surface area is 209 Å². The van der Waals surface area contributed by atoms with E-state index in [9.17, 15) is 4.79 Å². The van der Waals surface area contributed by atoms with Crippen LogP contribution < -0.4 is 5.73 Å². The normalized spacial score (nSPS) is 15.4. The van der Waals surface area contributed by atoms with Gasteiger partial charge in [-0.1, -0.05) is 6.07 Å². The van der Waals surface area contributed by atoms with Crippen LogP contribution in [0.1, 0.15) is 60.0 Å². The predicted octanol–water partition coefficient (Wildman–Crippen LogP) is 4.94. The number of likely N-dealkylation sites (tertiary alicyclic amines) is 1. The van der Waals surface area contributed by atoms with Gasteiger partial charge in [-0.2, -0.15) is 5.10 Å². The lowest BCUT2D eigenvalue weighted by Crippen LogP contribution is -2.37. The van der Waals surface area contributed by atoms with Crippen LogP contribution in [0.4, 0.5) is 5.82 Å². The molecule has 0 radical (unpaired) electrons. The van der Waals surface area contributed by atoms with Crippen LogP contribution in [0, 0.1) is 6.92 Å². The van der Waals surface area contributed by atoms with Gasteiger partial charge in [0, 0.05) is 16.9 Å². The summed E-state index contributed by atoms with van der Waals surface area (Å²) in [5.41, 5.74) is 12.1. The second-order valence-corrected chi connectivity index (χ2v) is 10.1. The van der Waals surface area contributed by atoms with E-state index in [-0.39, 0.29) is 5.78 Å². The molecule has 0 unspecified atom stereocenters. The van der Waals surface area contributed by atoms with Gasteiger partial charge in [0.25, 0.3) is 0 Å². The van der Waals surface area contributed by atoms with E-state index in [1.165, 1.54) is 18.4 Å². The first-order valence-electron chi connectivity index (χ1n) is 12.6. The number of aromatic amines is 2. The topological polar surface area (TPSA) is 109 Å². The third-order valence-electron chi connectivity index (χ3n) is 7.50. The number of hydrogen-bond donors (Lipinski definition) is 3. The van der Waals surface area contributed by atoms with E-state index in [2.05, 4.69) is 57.0 Å². The molecule has 0 saturated carbocycles. The number of nitrogens with two attached hydrogens (primary N) is 1. The van der Waals surface area contributed by atoms with Gasteiger partial charge in [0.2, 0.25) is 5.78 Å². The van der Waals surface area contributed by atoms with E-state index in [1.807, 2.05) is 31.2 Å². The molecule has 2 aromatic carbocycles. The van der Waals surface area contributed by atoms with E-state index < -0.39 is 0 Å². The Morgan fingerprint density at radius 1 is 1.06 bits per heavy atom. The van der Waals surface area contributed by atoms with Crippen molar-refractivity contribution < 1.29 is 4.79 Å². The Morgan fingerprint density at radius 2 is 1.86 bits per heavy atom. The van der Waals surface area contributed by atoms with Crippen LogP contribution in [0.25, 0.3) is 27.6 Å². The van der Waals surface area contributed by atoms with E-state index in [0.29, 0.717) is 29.0 Å². The Balaban J connectivity index is 1.26. The number of rotatable bonds is 5. The van der Waals surface area contributed by atoms with Crippen LogP contribution in [0.15, 0.2) is 48.7 Å². The summed E-state index contributed by atoms with van der Waals surface area (Å²) in [4.78, 5) is 26.9. The number of H-pyrrole nitrogens is 2. The molecule has 1 saturated heterocycles. The third-order valence-corrected chi connectivity index (χ3v) is 7.50. The maximum absolute atomic E-state index is 13.4. The van der Waals surface area contributed by atoms with Gasteiger partial charge < -0.3 is 20.6 Å². The number of hydrogen-bond acceptors (Lipinski definition) is 5. The zero-order valence-corrected chi connectivity index (χ0v) is 20.9. The van der Waals surface area contributed by atoms with Gasteiger partial charge in [0.05, 0.1) is 34.2 Å². The van der Waals surface area contributed by atoms with Crippen molar-refractivity contribution in [2.24, 2.45) is 0 Å². The van der Waals surface area contributed by atoms with E-state index >= 15 is 0 Å². The van der Waals surface area contributed by atoms with Gasteiger partial charge in [-0.3, -0.25) is 4.79 Å². The molecule has 6 rings (SSSR count). The van der Waals surface area contributed by atoms with Crippen LogP contribution in [-0.2, 0) is 0 Å². The van der Waals surface area contributed by atoms with Crippen molar-refractivity contribution in [2.45, 2.75) is 45.6 Å². The zero-order valence-electron chi connectivity index (χ0n) is 20.9. The largest absolute Gasteiger partial charge is 0.383 e. The van der Waals surface area contributed by atoms with E-state index in [0.717, 1.165) is 46.5 Å². The van der Waals surface area contributed by atoms with Crippen LogP contribution in [0.5, 0.6) is 0 Å². The van der Waals surface area contributed by atoms with Crippen LogP contribution in [0.2, 0.25) is 0 Å². The second-order valence-electron chi connectivity index (χ2n) is 10.1. The van der Waals surface area contributed by atoms with Crippen molar-refractivity contribution >= 4 is 33.5 Å². The number of carbonyl (C=O) groups excluding carboxylic acids is 1. The number of piperidine rings is 1. The molecular weight excluding hydrogens is 450 g/mol. The van der Waals surface area contributed by atoms with Crippen LogP contribution >= 0.6 is 0 Å². The summed E-state index contributed by atoms with van der Waals surface area (Å²) in [6.07, 6.45) is 3.87. The molecule has 3 aromatic heterocycles. The van der Waals surface area contributed by atoms with Crippen molar-refractivity contribution in [1.29, 1.82) is 0 Å². The molecule has 1 aliphatic heterocycles. The predicted molar refractivity (Wildman–Crippen MR) is 143 cm³/mol. The molecule has 4 heterocycles. The number of nitrogens with zero attached hydrogens (tertiary/aromatic N) is 4. The number of fused-ring (bicyclic) bond motifs is 2. The second kappa shape index (κ2) is 8.64. The summed E-state index contributed by atoms with van der Waals surface area (Å²) in [7, 11) is 0. The first kappa shape index (κ1) is 22.5. The van der Waals surface area contributed by atoms with Crippen molar-refractivity contribution in [3.63, 3.8) is 0 Å². The molecule has 36 heavy (non-hydrogen) atoms. The van der Waals surface area contributed by atoms with Crippen molar-refractivity contribution in [3.8, 4) is 5.69 Å². The molecule has 0 bridgehead atoms. The van der Waals surface area contributed by atoms with Crippen molar-refractivity contribution in [3.05, 3.63) is 71.3 Å². The van der Waals surface area contributed by atoms with Crippen molar-refractivity contribution in [2.75, 3.05) is 18.8 Å². The number of nitrogens with one attached hydrogen (secondary N) is 2. The average Bonchev–Trinajstić information content (AvgIpc) is 3.58. The van der Waals surface area contributed by atoms with Gasteiger partial charge in [-0.15, -0.1) is 0 Å². The lowest BCUT2D eigenvalue weighted by atomic mass is 9.88. The number of aryl methyl sites for hydroxylation is 1. The molecule has 5 aromatic rings. The standard InChI is InChI=1S/C28H31N7O/c1-16(2)34-10-8-18(9-11-34)19-4-6-23-20(12-19)13-26(33-23)27(36)22-15-30-35(28(22)29)21-5-7-24-25(14-21)32-17(3)31-24/h4-7,12-16,18,33H,8-11,29H2,1-3H3,(H,31,32). The number of benzene rings is 2. The SMILES string of the molecule is Cc1nc2ccc(-n3ncc(C(=O)c4cc5cc(C6CCN(C(C)C)CC6)ccc5[nH]4)c3N)cc2[nH]1. The number of ketones is 1. The molecule has 4 N–H and O–H groups in total. The summed E-state index contributed by atoms with van der Waals surface area (Å²) in [5, 5.41) is 5.46. The fraction of sp³-hybridized carbons (Fsp3) is 0.321. The molecule has 1 aliphatic rings. The fourth-order valence-electron chi connectivity index (χ4n) is 5.42. The Hall–Kier alpha value is -3.91. The minimum atomic E-state index is -0.166. The smallest absolute Gasteiger partial charge is 0.214 e. The van der Waals surface area contributed by atoms with Gasteiger partial charge in [-0.25, -0.2) is 9.67 Å². The molecule has 0 amide bonds. The van der Waals surface area contributed by atoms with Gasteiger partial charge >= 0.3 is 0 Å². The summed E-state index contributed by atoms with van der Waals surface area (Å²) in [6.45, 7) is 8.71. The van der Waals surface area contributed by atoms with E-state index in [1.54, 1.807) is 10.9 Å². The maximum atomic E-state index is 13.4. The minimum Gasteiger partial charge on any atom is -0.383 e. The molecule has 184 valence electrons. The molecule has 1 fully saturated rings. The summed E-state index contributed by atoms with van der Waals surface area (Å²) in [6, 6.07) is 14.8. The minimum absolute atomic E-state index is 0.166. The molecule has 8 heteroatoms. The molecule has 0 spiro atoms. The fourth-order valence-corrected chi connectivity index (χ4v) is 5.42. The van der Waals surface area contributed by atoms with Crippen LogP contribution in [-0.4, -0.2) is 54.5 Å². The maximum Gasteiger partial charge on any atom is 0.214 e. The zero-order chi connectivity index (χ0) is 25.0. The van der Waals surface area contributed by atoms with Gasteiger partial charge in [-0.05, 0) is 94.6 Å². The Kier molecular flexibility index (Phi) is 5.41. The molecule has 0 atom stereocenters. The number of carbonyl (C=O) groups is 1. The first-order chi connectivity index (χ1) is 17.4. The summed E-state index contributed by atoms with van der Waals surface area (Å²) in [5.74, 6) is 1.55. The highest BCUT2D eigenvalue weighted by molar-refractivity contribution is 6.12. The Morgan fingerprint density at radius 3 is 2.64 bits per heavy atom. The lowest BCUT2D eigenvalue weighted by Gasteiger charge is -2.34. The lowest BCUT2D eigenvalue weighted by molar-refractivity contribution is 0.103. The molecule has 0 aliphatic carbocycles. The molecule has 8 nitrogen and oxygen atoms in total. The van der Waals surface area contributed by atoms with Gasteiger partial charge in [0.15, 0.2) is 0 Å². The van der Waals surface area contributed by atoms with E-state index in [4.69, 9.17) is 5.73 Å². The van der Waals surface area contributed by atoms with Crippen LogP contribution in [0.3, 0.4) is 0 Å². The number of imidazole rings is 1. The first-order valence-corrected chi connectivity index (χ1v) is 12.6.